The lowest BCUT2D eigenvalue weighted by molar-refractivity contribution is -0.136. The van der Waals surface area contributed by atoms with Crippen molar-refractivity contribution < 1.29 is 18.7 Å². The first-order chi connectivity index (χ1) is 6.52. The van der Waals surface area contributed by atoms with Crippen LogP contribution < -0.4 is 5.73 Å². The number of carboxylic acids is 1. The SMILES string of the molecule is Nc1nccc(CC(=O)O)c1C(F)F. The molecule has 6 heteroatoms. The summed E-state index contributed by atoms with van der Waals surface area (Å²) < 4.78 is 24.9. The van der Waals surface area contributed by atoms with Gasteiger partial charge in [-0.25, -0.2) is 13.8 Å². The highest BCUT2D eigenvalue weighted by atomic mass is 19.3. The van der Waals surface area contributed by atoms with Crippen LogP contribution in [0.15, 0.2) is 12.3 Å². The van der Waals surface area contributed by atoms with Crippen LogP contribution in [0, 0.1) is 0 Å². The van der Waals surface area contributed by atoms with Gasteiger partial charge < -0.3 is 10.8 Å². The quantitative estimate of drug-likeness (QED) is 0.772. The van der Waals surface area contributed by atoms with Gasteiger partial charge in [0.1, 0.15) is 5.82 Å². The van der Waals surface area contributed by atoms with Crippen molar-refractivity contribution in [1.29, 1.82) is 0 Å². The summed E-state index contributed by atoms with van der Waals surface area (Å²) >= 11 is 0. The summed E-state index contributed by atoms with van der Waals surface area (Å²) in [6.45, 7) is 0. The second kappa shape index (κ2) is 3.99. The average Bonchev–Trinajstić information content (AvgIpc) is 2.01. The van der Waals surface area contributed by atoms with Crippen LogP contribution in [0.3, 0.4) is 0 Å². The minimum absolute atomic E-state index is 0.000000000000000222. The van der Waals surface area contributed by atoms with E-state index < -0.39 is 24.4 Å². The molecule has 0 saturated carbocycles. The summed E-state index contributed by atoms with van der Waals surface area (Å²) in [4.78, 5) is 13.8. The molecule has 4 nitrogen and oxygen atoms in total. The molecule has 3 N–H and O–H groups in total. The molecule has 0 aliphatic heterocycles. The van der Waals surface area contributed by atoms with Gasteiger partial charge in [0.2, 0.25) is 0 Å². The Kier molecular flexibility index (Phi) is 2.95. The fourth-order valence-corrected chi connectivity index (χ4v) is 1.10. The van der Waals surface area contributed by atoms with Crippen LogP contribution in [-0.4, -0.2) is 16.1 Å². The molecule has 1 aromatic heterocycles. The zero-order valence-corrected chi connectivity index (χ0v) is 7.08. The first-order valence-electron chi connectivity index (χ1n) is 3.75. The van der Waals surface area contributed by atoms with Gasteiger partial charge in [0.05, 0.1) is 12.0 Å². The van der Waals surface area contributed by atoms with Crippen LogP contribution in [0.2, 0.25) is 0 Å². The highest BCUT2D eigenvalue weighted by molar-refractivity contribution is 5.71. The second-order valence-electron chi connectivity index (χ2n) is 2.64. The Morgan fingerprint density at radius 1 is 1.64 bits per heavy atom. The first-order valence-corrected chi connectivity index (χ1v) is 3.75. The van der Waals surface area contributed by atoms with Crippen molar-refractivity contribution in [3.05, 3.63) is 23.4 Å². The number of alkyl halides is 2. The topological polar surface area (TPSA) is 76.2 Å². The molecule has 0 fully saturated rings. The predicted molar refractivity (Wildman–Crippen MR) is 44.9 cm³/mol. The van der Waals surface area contributed by atoms with E-state index in [1.54, 1.807) is 0 Å². The Labute approximate surface area is 78.4 Å². The number of aliphatic carboxylic acids is 1. The number of nitrogen functional groups attached to an aromatic ring is 1. The number of rotatable bonds is 3. The van der Waals surface area contributed by atoms with E-state index in [2.05, 4.69) is 4.98 Å². The molecule has 0 amide bonds. The van der Waals surface area contributed by atoms with Crippen molar-refractivity contribution in [2.75, 3.05) is 5.73 Å². The Morgan fingerprint density at radius 2 is 2.29 bits per heavy atom. The van der Waals surface area contributed by atoms with Crippen LogP contribution in [0.5, 0.6) is 0 Å². The molecule has 1 rings (SSSR count). The van der Waals surface area contributed by atoms with Crippen LogP contribution in [-0.2, 0) is 11.2 Å². The average molecular weight is 202 g/mol. The van der Waals surface area contributed by atoms with E-state index in [0.717, 1.165) is 0 Å². The van der Waals surface area contributed by atoms with Crippen molar-refractivity contribution >= 4 is 11.8 Å². The number of carboxylic acid groups (broad SMARTS) is 1. The van der Waals surface area contributed by atoms with Crippen molar-refractivity contribution in [1.82, 2.24) is 4.98 Å². The smallest absolute Gasteiger partial charge is 0.307 e. The maximum atomic E-state index is 12.4. The van der Waals surface area contributed by atoms with Crippen LogP contribution >= 0.6 is 0 Å². The van der Waals surface area contributed by atoms with E-state index in [1.165, 1.54) is 12.3 Å². The molecule has 0 aromatic carbocycles. The number of hydrogen-bond acceptors (Lipinski definition) is 3. The van der Waals surface area contributed by atoms with Gasteiger partial charge in [0.15, 0.2) is 0 Å². The molecular formula is C8H8F2N2O2. The number of carbonyl (C=O) groups is 1. The van der Waals surface area contributed by atoms with Gasteiger partial charge in [-0.3, -0.25) is 4.79 Å². The third-order valence-corrected chi connectivity index (χ3v) is 1.67. The van der Waals surface area contributed by atoms with Gasteiger partial charge >= 0.3 is 5.97 Å². The van der Waals surface area contributed by atoms with Crippen molar-refractivity contribution in [3.8, 4) is 0 Å². The molecule has 0 aliphatic carbocycles. The number of nitrogens with two attached hydrogens (primary N) is 1. The Morgan fingerprint density at radius 3 is 2.79 bits per heavy atom. The van der Waals surface area contributed by atoms with E-state index >= 15 is 0 Å². The number of aromatic nitrogens is 1. The van der Waals surface area contributed by atoms with Crippen molar-refractivity contribution in [3.63, 3.8) is 0 Å². The summed E-state index contributed by atoms with van der Waals surface area (Å²) in [6, 6.07) is 1.23. The highest BCUT2D eigenvalue weighted by Gasteiger charge is 2.18. The van der Waals surface area contributed by atoms with Gasteiger partial charge in [-0.15, -0.1) is 0 Å². The maximum absolute atomic E-state index is 12.4. The first kappa shape index (κ1) is 10.4. The zero-order chi connectivity index (χ0) is 10.7. The maximum Gasteiger partial charge on any atom is 0.307 e. The molecule has 14 heavy (non-hydrogen) atoms. The van der Waals surface area contributed by atoms with Gasteiger partial charge in [-0.1, -0.05) is 0 Å². The summed E-state index contributed by atoms with van der Waals surface area (Å²) in [5.74, 6) is -1.50. The number of pyridine rings is 1. The largest absolute Gasteiger partial charge is 0.481 e. The lowest BCUT2D eigenvalue weighted by atomic mass is 10.1. The predicted octanol–water partition coefficient (Wildman–Crippen LogP) is 1.23. The summed E-state index contributed by atoms with van der Waals surface area (Å²) in [5, 5.41) is 8.46. The summed E-state index contributed by atoms with van der Waals surface area (Å²) in [6.07, 6.45) is -2.08. The molecule has 1 aromatic rings. The Bertz CT molecular complexity index is 355. The number of anilines is 1. The van der Waals surface area contributed by atoms with Crippen LogP contribution in [0.25, 0.3) is 0 Å². The third kappa shape index (κ3) is 2.15. The highest BCUT2D eigenvalue weighted by Crippen LogP contribution is 2.27. The van der Waals surface area contributed by atoms with E-state index in [9.17, 15) is 13.6 Å². The molecule has 0 bridgehead atoms. The van der Waals surface area contributed by atoms with E-state index in [1.807, 2.05) is 0 Å². The molecular weight excluding hydrogens is 194 g/mol. The fourth-order valence-electron chi connectivity index (χ4n) is 1.10. The second-order valence-corrected chi connectivity index (χ2v) is 2.64. The molecule has 0 aliphatic rings. The molecule has 76 valence electrons. The van der Waals surface area contributed by atoms with Crippen LogP contribution in [0.1, 0.15) is 17.6 Å². The van der Waals surface area contributed by atoms with Crippen molar-refractivity contribution in [2.24, 2.45) is 0 Å². The van der Waals surface area contributed by atoms with Gasteiger partial charge in [-0.05, 0) is 11.6 Å². The summed E-state index contributed by atoms with van der Waals surface area (Å²) in [7, 11) is 0. The van der Waals surface area contributed by atoms with Gasteiger partial charge in [0.25, 0.3) is 6.43 Å². The zero-order valence-electron chi connectivity index (χ0n) is 7.08. The fraction of sp³-hybridized carbons (Fsp3) is 0.250. The molecule has 1 heterocycles. The van der Waals surface area contributed by atoms with Gasteiger partial charge in [0, 0.05) is 6.20 Å². The molecule has 0 radical (unpaired) electrons. The van der Waals surface area contributed by atoms with Crippen LogP contribution in [0.4, 0.5) is 14.6 Å². The molecule has 0 saturated heterocycles. The Balaban J connectivity index is 3.14. The van der Waals surface area contributed by atoms with Crippen molar-refractivity contribution in [2.45, 2.75) is 12.8 Å². The molecule has 0 spiro atoms. The number of nitrogens with zero attached hydrogens (tertiary/aromatic N) is 1. The molecule has 0 unspecified atom stereocenters. The minimum atomic E-state index is -2.81. The third-order valence-electron chi connectivity index (χ3n) is 1.67. The lowest BCUT2D eigenvalue weighted by Crippen LogP contribution is -2.07. The van der Waals surface area contributed by atoms with E-state index in [0.29, 0.717) is 0 Å². The number of halogens is 2. The standard InChI is InChI=1S/C8H8F2N2O2/c9-7(10)6-4(3-5(13)14)1-2-12-8(6)11/h1-2,7H,3H2,(H2,11,12)(H,13,14). The Hall–Kier alpha value is -1.72. The van der Waals surface area contributed by atoms with E-state index in [-0.39, 0.29) is 11.4 Å². The molecule has 0 atom stereocenters. The summed E-state index contributed by atoms with van der Waals surface area (Å²) in [5.41, 5.74) is 4.72. The normalized spacial score (nSPS) is 10.5. The number of hydrogen-bond donors (Lipinski definition) is 2. The van der Waals surface area contributed by atoms with Gasteiger partial charge in [-0.2, -0.15) is 0 Å². The van der Waals surface area contributed by atoms with E-state index in [4.69, 9.17) is 10.8 Å². The monoisotopic (exact) mass is 202 g/mol. The minimum Gasteiger partial charge on any atom is -0.481 e. The lowest BCUT2D eigenvalue weighted by Gasteiger charge is -2.08.